The largest absolute Gasteiger partial charge is 0.354 e. The van der Waals surface area contributed by atoms with Gasteiger partial charge in [0.1, 0.15) is 12.1 Å². The Bertz CT molecular complexity index is 890. The molecule has 1 aliphatic carbocycles. The number of carbonyl (C=O) groups is 1. The molecule has 1 atom stereocenters. The van der Waals surface area contributed by atoms with Gasteiger partial charge in [-0.2, -0.15) is 0 Å². The number of carbonyl (C=O) groups excluding carboxylic acids is 1. The third-order valence-electron chi connectivity index (χ3n) is 5.30. The molecule has 4 rings (SSSR count). The van der Waals surface area contributed by atoms with Gasteiger partial charge in [-0.1, -0.05) is 6.92 Å². The summed E-state index contributed by atoms with van der Waals surface area (Å²) in [6.45, 7) is 3.71. The number of amides is 1. The molecule has 1 aliphatic heterocycles. The highest BCUT2D eigenvalue weighted by atomic mass is 16.2. The Hall–Kier alpha value is -2.70. The molecule has 7 heteroatoms. The fraction of sp³-hybridized carbons (Fsp3) is 0.500. The van der Waals surface area contributed by atoms with Crippen molar-refractivity contribution < 1.29 is 4.79 Å². The summed E-state index contributed by atoms with van der Waals surface area (Å²) in [4.78, 5) is 38.3. The number of rotatable bonds is 5. The third kappa shape index (κ3) is 4.18. The van der Waals surface area contributed by atoms with E-state index in [1.165, 1.54) is 6.07 Å². The van der Waals surface area contributed by atoms with E-state index in [0.29, 0.717) is 18.0 Å². The number of pyridine rings is 1. The number of aromatic nitrogens is 3. The van der Waals surface area contributed by atoms with Crippen LogP contribution in [0.2, 0.25) is 0 Å². The standard InChI is InChI=1S/C20H25N5O2/c1-2-15-10-18(22-12-21-15)25-7-3-4-16(11-25)23-20(27)14-8-17(13-5-6-13)24-19(26)9-14/h8-10,12-13,16H,2-7,11H2,1H3,(H,23,27)(H,24,26)/t16-/m0/s1. The van der Waals surface area contributed by atoms with E-state index in [0.717, 1.165) is 55.9 Å². The van der Waals surface area contributed by atoms with E-state index < -0.39 is 0 Å². The summed E-state index contributed by atoms with van der Waals surface area (Å²) in [6, 6.07) is 5.27. The van der Waals surface area contributed by atoms with Crippen LogP contribution in [0.1, 0.15) is 60.3 Å². The molecule has 2 aliphatic rings. The summed E-state index contributed by atoms with van der Waals surface area (Å²) in [5, 5.41) is 3.10. The molecule has 0 aromatic carbocycles. The third-order valence-corrected chi connectivity index (χ3v) is 5.30. The van der Waals surface area contributed by atoms with Crippen LogP contribution in [0.5, 0.6) is 0 Å². The molecule has 0 unspecified atom stereocenters. The second-order valence-corrected chi connectivity index (χ2v) is 7.44. The van der Waals surface area contributed by atoms with Crippen LogP contribution < -0.4 is 15.8 Å². The maximum Gasteiger partial charge on any atom is 0.251 e. The zero-order valence-electron chi connectivity index (χ0n) is 15.6. The molecule has 2 aromatic heterocycles. The number of nitrogens with zero attached hydrogens (tertiary/aromatic N) is 3. The molecule has 2 aromatic rings. The summed E-state index contributed by atoms with van der Waals surface area (Å²) in [7, 11) is 0. The summed E-state index contributed by atoms with van der Waals surface area (Å²) >= 11 is 0. The first-order valence-electron chi connectivity index (χ1n) is 9.73. The molecule has 1 saturated carbocycles. The van der Waals surface area contributed by atoms with Gasteiger partial charge in [-0.15, -0.1) is 0 Å². The van der Waals surface area contributed by atoms with Crippen molar-refractivity contribution in [3.8, 4) is 0 Å². The van der Waals surface area contributed by atoms with Crippen molar-refractivity contribution >= 4 is 11.7 Å². The summed E-state index contributed by atoms with van der Waals surface area (Å²) < 4.78 is 0. The predicted octanol–water partition coefficient (Wildman–Crippen LogP) is 2.00. The maximum absolute atomic E-state index is 12.7. The summed E-state index contributed by atoms with van der Waals surface area (Å²) in [6.07, 6.45) is 6.54. The fourth-order valence-corrected chi connectivity index (χ4v) is 3.63. The van der Waals surface area contributed by atoms with Crippen LogP contribution in [0.25, 0.3) is 0 Å². The van der Waals surface area contributed by atoms with Crippen LogP contribution in [0, 0.1) is 0 Å². The molecule has 142 valence electrons. The molecule has 1 amide bonds. The van der Waals surface area contributed by atoms with E-state index in [4.69, 9.17) is 0 Å². The van der Waals surface area contributed by atoms with Crippen LogP contribution in [0.3, 0.4) is 0 Å². The molecular formula is C20H25N5O2. The van der Waals surface area contributed by atoms with Gasteiger partial charge in [0.2, 0.25) is 5.56 Å². The number of nitrogens with one attached hydrogen (secondary N) is 2. The van der Waals surface area contributed by atoms with Crippen LogP contribution >= 0.6 is 0 Å². The van der Waals surface area contributed by atoms with Crippen molar-refractivity contribution in [1.29, 1.82) is 0 Å². The summed E-state index contributed by atoms with van der Waals surface area (Å²) in [5.41, 5.74) is 2.14. The molecule has 0 radical (unpaired) electrons. The highest BCUT2D eigenvalue weighted by molar-refractivity contribution is 5.94. The zero-order chi connectivity index (χ0) is 18.8. The Kier molecular flexibility index (Phi) is 4.92. The lowest BCUT2D eigenvalue weighted by Gasteiger charge is -2.34. The second kappa shape index (κ2) is 7.50. The number of aryl methyl sites for hydroxylation is 1. The topological polar surface area (TPSA) is 91.0 Å². The van der Waals surface area contributed by atoms with Crippen LogP contribution in [-0.4, -0.2) is 40.0 Å². The Balaban J connectivity index is 1.44. The van der Waals surface area contributed by atoms with Gasteiger partial charge in [-0.05, 0) is 44.1 Å². The number of aromatic amines is 1. The Morgan fingerprint density at radius 2 is 2.11 bits per heavy atom. The highest BCUT2D eigenvalue weighted by Gasteiger charge is 2.27. The average Bonchev–Trinajstić information content (AvgIpc) is 3.53. The van der Waals surface area contributed by atoms with Gasteiger partial charge < -0.3 is 15.2 Å². The van der Waals surface area contributed by atoms with Gasteiger partial charge in [-0.25, -0.2) is 9.97 Å². The molecule has 0 bridgehead atoms. The Morgan fingerprint density at radius 3 is 2.89 bits per heavy atom. The minimum Gasteiger partial charge on any atom is -0.354 e. The minimum atomic E-state index is -0.206. The van der Waals surface area contributed by atoms with Crippen LogP contribution in [0.15, 0.2) is 29.3 Å². The quantitative estimate of drug-likeness (QED) is 0.843. The van der Waals surface area contributed by atoms with E-state index in [9.17, 15) is 9.59 Å². The van der Waals surface area contributed by atoms with E-state index in [1.807, 2.05) is 12.1 Å². The van der Waals surface area contributed by atoms with Crippen molar-refractivity contribution in [3.05, 3.63) is 51.8 Å². The molecule has 2 fully saturated rings. The number of hydrogen-bond donors (Lipinski definition) is 2. The van der Waals surface area contributed by atoms with Crippen molar-refractivity contribution in [2.45, 2.75) is 51.0 Å². The van der Waals surface area contributed by atoms with E-state index in [2.05, 4.69) is 32.1 Å². The smallest absolute Gasteiger partial charge is 0.251 e. The van der Waals surface area contributed by atoms with Crippen molar-refractivity contribution in [2.24, 2.45) is 0 Å². The SMILES string of the molecule is CCc1cc(N2CCC[C@H](NC(=O)c3cc(C4CC4)[nH]c(=O)c3)C2)ncn1. The molecule has 1 saturated heterocycles. The van der Waals surface area contributed by atoms with Crippen LogP contribution in [-0.2, 0) is 6.42 Å². The van der Waals surface area contributed by atoms with E-state index in [1.54, 1.807) is 6.33 Å². The second-order valence-electron chi connectivity index (χ2n) is 7.44. The Labute approximate surface area is 158 Å². The average molecular weight is 367 g/mol. The predicted molar refractivity (Wildman–Crippen MR) is 103 cm³/mol. The van der Waals surface area contributed by atoms with Crippen LogP contribution in [0.4, 0.5) is 5.82 Å². The lowest BCUT2D eigenvalue weighted by Crippen LogP contribution is -2.48. The maximum atomic E-state index is 12.7. The molecule has 0 spiro atoms. The molecule has 27 heavy (non-hydrogen) atoms. The number of anilines is 1. The normalized spacial score (nSPS) is 19.7. The van der Waals surface area contributed by atoms with Gasteiger partial charge in [0, 0.05) is 48.2 Å². The lowest BCUT2D eigenvalue weighted by molar-refractivity contribution is 0.0932. The molecule has 3 heterocycles. The van der Waals surface area contributed by atoms with E-state index in [-0.39, 0.29) is 17.5 Å². The Morgan fingerprint density at radius 1 is 1.26 bits per heavy atom. The molecule has 7 nitrogen and oxygen atoms in total. The van der Waals surface area contributed by atoms with Crippen molar-refractivity contribution in [2.75, 3.05) is 18.0 Å². The summed E-state index contributed by atoms with van der Waals surface area (Å²) in [5.74, 6) is 1.14. The van der Waals surface area contributed by atoms with Gasteiger partial charge in [0.15, 0.2) is 0 Å². The van der Waals surface area contributed by atoms with Crippen molar-refractivity contribution in [3.63, 3.8) is 0 Å². The minimum absolute atomic E-state index is 0.0370. The fourth-order valence-electron chi connectivity index (χ4n) is 3.63. The van der Waals surface area contributed by atoms with E-state index >= 15 is 0 Å². The first-order chi connectivity index (χ1) is 13.1. The monoisotopic (exact) mass is 367 g/mol. The first-order valence-corrected chi connectivity index (χ1v) is 9.73. The van der Waals surface area contributed by atoms with Gasteiger partial charge >= 0.3 is 0 Å². The number of hydrogen-bond acceptors (Lipinski definition) is 5. The van der Waals surface area contributed by atoms with Gasteiger partial charge in [0.25, 0.3) is 5.91 Å². The van der Waals surface area contributed by atoms with Gasteiger partial charge in [-0.3, -0.25) is 9.59 Å². The molecular weight excluding hydrogens is 342 g/mol. The highest BCUT2D eigenvalue weighted by Crippen LogP contribution is 2.38. The van der Waals surface area contributed by atoms with Crippen molar-refractivity contribution in [1.82, 2.24) is 20.3 Å². The zero-order valence-corrected chi connectivity index (χ0v) is 15.6. The number of piperidine rings is 1. The number of H-pyrrole nitrogens is 1. The lowest BCUT2D eigenvalue weighted by atomic mass is 10.0. The first kappa shape index (κ1) is 17.7. The molecule has 2 N–H and O–H groups in total. The van der Waals surface area contributed by atoms with Gasteiger partial charge in [0.05, 0.1) is 0 Å².